The van der Waals surface area contributed by atoms with E-state index in [9.17, 15) is 10.1 Å². The van der Waals surface area contributed by atoms with Crippen molar-refractivity contribution in [2.45, 2.75) is 13.3 Å². The Morgan fingerprint density at radius 1 is 1.19 bits per heavy atom. The van der Waals surface area contributed by atoms with E-state index in [1.54, 1.807) is 12.3 Å². The highest BCUT2D eigenvalue weighted by molar-refractivity contribution is 7.15. The van der Waals surface area contributed by atoms with Crippen LogP contribution in [0.2, 0.25) is 0 Å². The van der Waals surface area contributed by atoms with Gasteiger partial charge in [0, 0.05) is 17.5 Å². The first-order chi connectivity index (χ1) is 12.7. The summed E-state index contributed by atoms with van der Waals surface area (Å²) in [7, 11) is 0. The van der Waals surface area contributed by atoms with E-state index in [4.69, 9.17) is 0 Å². The molecule has 128 valence electrons. The van der Waals surface area contributed by atoms with E-state index in [0.29, 0.717) is 5.13 Å². The Morgan fingerprint density at radius 2 is 1.92 bits per heavy atom. The van der Waals surface area contributed by atoms with Gasteiger partial charge in [0.2, 0.25) is 0 Å². The van der Waals surface area contributed by atoms with Crippen molar-refractivity contribution in [3.8, 4) is 6.07 Å². The van der Waals surface area contributed by atoms with Crippen LogP contribution in [0, 0.1) is 18.3 Å². The molecule has 0 aliphatic rings. The van der Waals surface area contributed by atoms with E-state index in [0.717, 1.165) is 22.4 Å². The highest BCUT2D eigenvalue weighted by Crippen LogP contribution is 2.22. The van der Waals surface area contributed by atoms with Crippen molar-refractivity contribution in [2.75, 3.05) is 5.32 Å². The fourth-order valence-corrected chi connectivity index (χ4v) is 3.30. The number of carbonyl (C=O) groups excluding carboxylic acids is 1. The zero-order valence-electron chi connectivity index (χ0n) is 14.3. The van der Waals surface area contributed by atoms with Crippen LogP contribution in [0.4, 0.5) is 5.13 Å². The fraction of sp³-hybridized carbons (Fsp3) is 0.0952. The zero-order valence-corrected chi connectivity index (χ0v) is 15.1. The van der Waals surface area contributed by atoms with Gasteiger partial charge in [0.25, 0.3) is 5.91 Å². The van der Waals surface area contributed by atoms with Gasteiger partial charge in [0.05, 0.1) is 0 Å². The lowest BCUT2D eigenvalue weighted by atomic mass is 10.1. The topological polar surface area (TPSA) is 65.8 Å². The first-order valence-electron chi connectivity index (χ1n) is 8.13. The first kappa shape index (κ1) is 17.6. The molecule has 0 unspecified atom stereocenters. The highest BCUT2D eigenvalue weighted by atomic mass is 32.1. The Labute approximate surface area is 156 Å². The Morgan fingerprint density at radius 3 is 2.65 bits per heavy atom. The third kappa shape index (κ3) is 4.44. The van der Waals surface area contributed by atoms with E-state index in [-0.39, 0.29) is 5.57 Å². The van der Waals surface area contributed by atoms with Crippen LogP contribution in [-0.2, 0) is 11.2 Å². The predicted molar refractivity (Wildman–Crippen MR) is 105 cm³/mol. The number of thiazole rings is 1. The van der Waals surface area contributed by atoms with Crippen LogP contribution in [0.25, 0.3) is 6.08 Å². The molecular weight excluding hydrogens is 342 g/mol. The number of benzene rings is 2. The van der Waals surface area contributed by atoms with E-state index in [1.807, 2.05) is 55.5 Å². The van der Waals surface area contributed by atoms with E-state index < -0.39 is 5.91 Å². The SMILES string of the molecule is Cc1ccccc1/C=C(\C#N)C(=O)Nc1ncc(Cc2ccccc2)s1. The number of amides is 1. The normalized spacial score (nSPS) is 11.0. The summed E-state index contributed by atoms with van der Waals surface area (Å²) in [6, 6.07) is 19.7. The number of aryl methyl sites for hydroxylation is 1. The van der Waals surface area contributed by atoms with Gasteiger partial charge in [-0.25, -0.2) is 4.98 Å². The molecular formula is C21H17N3OS. The molecule has 2 aromatic carbocycles. The molecule has 0 aliphatic heterocycles. The van der Waals surface area contributed by atoms with Crippen LogP contribution in [0.3, 0.4) is 0 Å². The molecule has 3 rings (SSSR count). The summed E-state index contributed by atoms with van der Waals surface area (Å²) in [6.45, 7) is 1.94. The summed E-state index contributed by atoms with van der Waals surface area (Å²) in [4.78, 5) is 17.7. The highest BCUT2D eigenvalue weighted by Gasteiger charge is 2.12. The van der Waals surface area contributed by atoms with E-state index in [1.165, 1.54) is 16.9 Å². The Balaban J connectivity index is 1.71. The number of nitriles is 1. The Hall–Kier alpha value is -3.23. The molecule has 0 radical (unpaired) electrons. The van der Waals surface area contributed by atoms with Crippen molar-refractivity contribution in [2.24, 2.45) is 0 Å². The lowest BCUT2D eigenvalue weighted by Crippen LogP contribution is -2.13. The van der Waals surface area contributed by atoms with Gasteiger partial charge in [-0.2, -0.15) is 5.26 Å². The molecule has 0 fully saturated rings. The molecule has 1 aromatic heterocycles. The van der Waals surface area contributed by atoms with E-state index in [2.05, 4.69) is 22.4 Å². The van der Waals surface area contributed by atoms with Gasteiger partial charge in [0.1, 0.15) is 11.6 Å². The van der Waals surface area contributed by atoms with Crippen LogP contribution in [-0.4, -0.2) is 10.9 Å². The molecule has 26 heavy (non-hydrogen) atoms. The molecule has 4 nitrogen and oxygen atoms in total. The number of aromatic nitrogens is 1. The number of hydrogen-bond donors (Lipinski definition) is 1. The smallest absolute Gasteiger partial charge is 0.268 e. The van der Waals surface area contributed by atoms with Crippen LogP contribution in [0.15, 0.2) is 66.4 Å². The second kappa shape index (κ2) is 8.24. The molecule has 0 atom stereocenters. The van der Waals surface area contributed by atoms with Crippen molar-refractivity contribution < 1.29 is 4.79 Å². The minimum Gasteiger partial charge on any atom is -0.297 e. The predicted octanol–water partition coefficient (Wildman–Crippen LogP) is 4.59. The maximum atomic E-state index is 12.4. The fourth-order valence-electron chi connectivity index (χ4n) is 2.46. The van der Waals surface area contributed by atoms with Crippen molar-refractivity contribution >= 4 is 28.5 Å². The standard InChI is InChI=1S/C21H17N3OS/c1-15-7-5-6-10-17(15)12-18(13-22)20(25)24-21-23-14-19(26-21)11-16-8-3-2-4-9-16/h2-10,12,14H,11H2,1H3,(H,23,24,25)/b18-12+. The summed E-state index contributed by atoms with van der Waals surface area (Å²) in [5.41, 5.74) is 3.10. The first-order valence-corrected chi connectivity index (χ1v) is 8.95. The van der Waals surface area contributed by atoms with Crippen molar-refractivity contribution in [1.29, 1.82) is 5.26 Å². The van der Waals surface area contributed by atoms with E-state index >= 15 is 0 Å². The molecule has 3 aromatic rings. The number of nitrogens with one attached hydrogen (secondary N) is 1. The third-order valence-corrected chi connectivity index (χ3v) is 4.76. The number of hydrogen-bond acceptors (Lipinski definition) is 4. The summed E-state index contributed by atoms with van der Waals surface area (Å²) in [5.74, 6) is -0.448. The lowest BCUT2D eigenvalue weighted by Gasteiger charge is -2.02. The maximum Gasteiger partial charge on any atom is 0.268 e. The van der Waals surface area contributed by atoms with Gasteiger partial charge in [-0.1, -0.05) is 54.6 Å². The molecule has 0 spiro atoms. The van der Waals surface area contributed by atoms with Gasteiger partial charge in [-0.3, -0.25) is 10.1 Å². The Bertz CT molecular complexity index is 984. The molecule has 1 amide bonds. The monoisotopic (exact) mass is 359 g/mol. The summed E-state index contributed by atoms with van der Waals surface area (Å²) in [6.07, 6.45) is 4.12. The summed E-state index contributed by atoms with van der Waals surface area (Å²) < 4.78 is 0. The average Bonchev–Trinajstić information content (AvgIpc) is 3.08. The van der Waals surface area contributed by atoms with Gasteiger partial charge >= 0.3 is 0 Å². The van der Waals surface area contributed by atoms with Gasteiger partial charge in [-0.15, -0.1) is 11.3 Å². The zero-order chi connectivity index (χ0) is 18.4. The quantitative estimate of drug-likeness (QED) is 0.535. The van der Waals surface area contributed by atoms with Crippen LogP contribution in [0.5, 0.6) is 0 Å². The molecule has 0 aliphatic carbocycles. The molecule has 0 bridgehead atoms. The maximum absolute atomic E-state index is 12.4. The van der Waals surface area contributed by atoms with Crippen molar-refractivity contribution in [3.63, 3.8) is 0 Å². The molecule has 1 heterocycles. The molecule has 0 saturated carbocycles. The second-order valence-electron chi connectivity index (χ2n) is 5.77. The second-order valence-corrected chi connectivity index (χ2v) is 6.89. The van der Waals surface area contributed by atoms with Crippen LogP contribution in [0.1, 0.15) is 21.6 Å². The number of rotatable bonds is 5. The Kier molecular flexibility index (Phi) is 5.57. The summed E-state index contributed by atoms with van der Waals surface area (Å²) >= 11 is 1.41. The minimum absolute atomic E-state index is 0.0547. The number of carbonyl (C=O) groups is 1. The molecule has 0 saturated heterocycles. The number of anilines is 1. The lowest BCUT2D eigenvalue weighted by molar-refractivity contribution is -0.112. The largest absolute Gasteiger partial charge is 0.297 e. The van der Waals surface area contributed by atoms with Crippen molar-refractivity contribution in [1.82, 2.24) is 4.98 Å². The van der Waals surface area contributed by atoms with Gasteiger partial charge in [0.15, 0.2) is 5.13 Å². The van der Waals surface area contributed by atoms with Crippen molar-refractivity contribution in [3.05, 3.63) is 87.9 Å². The van der Waals surface area contributed by atoms with Gasteiger partial charge in [-0.05, 0) is 29.7 Å². The van der Waals surface area contributed by atoms with Crippen LogP contribution < -0.4 is 5.32 Å². The number of nitrogens with zero attached hydrogens (tertiary/aromatic N) is 2. The third-order valence-electron chi connectivity index (χ3n) is 3.85. The minimum atomic E-state index is -0.448. The van der Waals surface area contributed by atoms with Gasteiger partial charge < -0.3 is 0 Å². The molecule has 5 heteroatoms. The summed E-state index contributed by atoms with van der Waals surface area (Å²) in [5, 5.41) is 12.5. The average molecular weight is 359 g/mol. The van der Waals surface area contributed by atoms with Crippen LogP contribution >= 0.6 is 11.3 Å². The molecule has 1 N–H and O–H groups in total.